The molecule has 1 aliphatic rings. The Morgan fingerprint density at radius 3 is 2.88 bits per heavy atom. The van der Waals surface area contributed by atoms with Crippen LogP contribution in [0.5, 0.6) is 0 Å². The minimum atomic E-state index is -1.17. The van der Waals surface area contributed by atoms with Crippen LogP contribution in [-0.4, -0.2) is 13.0 Å². The van der Waals surface area contributed by atoms with Gasteiger partial charge in [-0.3, -0.25) is 4.79 Å². The predicted octanol–water partition coefficient (Wildman–Crippen LogP) is 2.27. The molecule has 1 aliphatic heterocycles. The van der Waals surface area contributed by atoms with E-state index in [2.05, 4.69) is 33.1 Å². The van der Waals surface area contributed by atoms with Crippen LogP contribution in [0.15, 0.2) is 22.7 Å². The van der Waals surface area contributed by atoms with Crippen LogP contribution in [0.3, 0.4) is 0 Å². The number of nitrogens with one attached hydrogen (secondary N) is 1. The number of methoxy groups -OCH3 is 1. The summed E-state index contributed by atoms with van der Waals surface area (Å²) in [6, 6.07) is 5.54. The number of benzene rings is 1. The topological polar surface area (TPSA) is 38.3 Å². The molecule has 16 heavy (non-hydrogen) atoms. The first-order valence-corrected chi connectivity index (χ1v) is 5.54. The van der Waals surface area contributed by atoms with Crippen LogP contribution >= 0.6 is 15.9 Å². The molecular formula is C12H10BrNO2. The summed E-state index contributed by atoms with van der Waals surface area (Å²) in [5.74, 6) is 5.34. The van der Waals surface area contributed by atoms with Crippen molar-refractivity contribution < 1.29 is 9.53 Å². The maximum Gasteiger partial charge on any atom is 0.274 e. The molecule has 1 atom stereocenters. The number of halogens is 1. The third kappa shape index (κ3) is 1.44. The van der Waals surface area contributed by atoms with Crippen LogP contribution < -0.4 is 5.32 Å². The molecule has 1 amide bonds. The highest BCUT2D eigenvalue weighted by Crippen LogP contribution is 2.39. The Hall–Kier alpha value is -1.31. The Morgan fingerprint density at radius 1 is 1.50 bits per heavy atom. The van der Waals surface area contributed by atoms with Crippen LogP contribution in [0.1, 0.15) is 12.5 Å². The van der Waals surface area contributed by atoms with Crippen molar-refractivity contribution >= 4 is 27.5 Å². The lowest BCUT2D eigenvalue weighted by atomic mass is 9.96. The molecule has 0 fully saturated rings. The van der Waals surface area contributed by atoms with E-state index in [1.54, 1.807) is 6.92 Å². The van der Waals surface area contributed by atoms with Gasteiger partial charge in [0, 0.05) is 22.8 Å². The van der Waals surface area contributed by atoms with E-state index in [1.165, 1.54) is 7.11 Å². The molecular weight excluding hydrogens is 270 g/mol. The standard InChI is InChI=1S/C12H10BrNO2/c1-3-6-12(16-2)9-7-8(13)4-5-10(9)14-11(12)15/h4-5,7H,1-2H3,(H,14,15). The smallest absolute Gasteiger partial charge is 0.274 e. The van der Waals surface area contributed by atoms with Crippen molar-refractivity contribution in [3.63, 3.8) is 0 Å². The SMILES string of the molecule is CC#CC1(OC)C(=O)Nc2ccc(Br)cc21. The second-order valence-corrected chi connectivity index (χ2v) is 4.32. The first-order valence-electron chi connectivity index (χ1n) is 4.74. The lowest BCUT2D eigenvalue weighted by molar-refractivity contribution is -0.131. The largest absolute Gasteiger partial charge is 0.353 e. The van der Waals surface area contributed by atoms with Gasteiger partial charge in [0.1, 0.15) is 0 Å². The lowest BCUT2D eigenvalue weighted by Gasteiger charge is -2.19. The Bertz CT molecular complexity index is 515. The first-order chi connectivity index (χ1) is 7.64. The Labute approximate surface area is 102 Å². The molecule has 1 aromatic carbocycles. The molecule has 0 radical (unpaired) electrons. The van der Waals surface area contributed by atoms with Crippen LogP contribution in [0.2, 0.25) is 0 Å². The maximum atomic E-state index is 11.9. The Balaban J connectivity index is 2.68. The molecule has 3 nitrogen and oxygen atoms in total. The number of hydrogen-bond acceptors (Lipinski definition) is 2. The average Bonchev–Trinajstić information content (AvgIpc) is 2.53. The first kappa shape index (κ1) is 11.2. The molecule has 0 saturated heterocycles. The van der Waals surface area contributed by atoms with Crippen LogP contribution in [0, 0.1) is 11.8 Å². The van der Waals surface area contributed by atoms with Crippen molar-refractivity contribution in [2.45, 2.75) is 12.5 Å². The van der Waals surface area contributed by atoms with Crippen LogP contribution in [-0.2, 0) is 15.1 Å². The fraction of sp³-hybridized carbons (Fsp3) is 0.250. The second-order valence-electron chi connectivity index (χ2n) is 3.40. The lowest BCUT2D eigenvalue weighted by Crippen LogP contribution is -2.34. The van der Waals surface area contributed by atoms with E-state index in [0.29, 0.717) is 0 Å². The third-order valence-electron chi connectivity index (χ3n) is 2.54. The van der Waals surface area contributed by atoms with Gasteiger partial charge >= 0.3 is 0 Å². The van der Waals surface area contributed by atoms with Crippen LogP contribution in [0.4, 0.5) is 5.69 Å². The number of anilines is 1. The van der Waals surface area contributed by atoms with E-state index in [1.807, 2.05) is 18.2 Å². The molecule has 1 heterocycles. The zero-order valence-corrected chi connectivity index (χ0v) is 10.5. The van der Waals surface area contributed by atoms with Gasteiger partial charge in [0.2, 0.25) is 5.60 Å². The summed E-state index contributed by atoms with van der Waals surface area (Å²) in [4.78, 5) is 11.9. The summed E-state index contributed by atoms with van der Waals surface area (Å²) in [6.45, 7) is 1.68. The zero-order valence-electron chi connectivity index (χ0n) is 8.93. The maximum absolute atomic E-state index is 11.9. The summed E-state index contributed by atoms with van der Waals surface area (Å²) in [6.07, 6.45) is 0. The fourth-order valence-electron chi connectivity index (χ4n) is 1.80. The third-order valence-corrected chi connectivity index (χ3v) is 3.03. The summed E-state index contributed by atoms with van der Waals surface area (Å²) >= 11 is 3.37. The van der Waals surface area contributed by atoms with Crippen molar-refractivity contribution in [2.75, 3.05) is 12.4 Å². The van der Waals surface area contributed by atoms with Gasteiger partial charge in [0.25, 0.3) is 5.91 Å². The van der Waals surface area contributed by atoms with Gasteiger partial charge in [-0.25, -0.2) is 0 Å². The van der Waals surface area contributed by atoms with E-state index in [9.17, 15) is 4.79 Å². The number of ether oxygens (including phenoxy) is 1. The van der Waals surface area contributed by atoms with Gasteiger partial charge in [0.15, 0.2) is 0 Å². The second kappa shape index (κ2) is 3.93. The van der Waals surface area contributed by atoms with Crippen molar-refractivity contribution in [2.24, 2.45) is 0 Å². The van der Waals surface area contributed by atoms with E-state index < -0.39 is 5.60 Å². The molecule has 1 N–H and O–H groups in total. The summed E-state index contributed by atoms with van der Waals surface area (Å²) in [5, 5.41) is 2.76. The van der Waals surface area contributed by atoms with Crippen molar-refractivity contribution in [1.82, 2.24) is 0 Å². The average molecular weight is 280 g/mol. The Kier molecular flexibility index (Phi) is 2.75. The van der Waals surface area contributed by atoms with Gasteiger partial charge in [0.05, 0.1) is 0 Å². The highest BCUT2D eigenvalue weighted by atomic mass is 79.9. The molecule has 0 saturated carbocycles. The van der Waals surface area contributed by atoms with Gasteiger partial charge in [-0.05, 0) is 25.1 Å². The van der Waals surface area contributed by atoms with Crippen molar-refractivity contribution in [3.8, 4) is 11.8 Å². The highest BCUT2D eigenvalue weighted by molar-refractivity contribution is 9.10. The van der Waals surface area contributed by atoms with Gasteiger partial charge in [-0.2, -0.15) is 0 Å². The molecule has 0 aliphatic carbocycles. The monoisotopic (exact) mass is 279 g/mol. The minimum absolute atomic E-state index is 0.238. The number of carbonyl (C=O) groups is 1. The van der Waals surface area contributed by atoms with Crippen molar-refractivity contribution in [1.29, 1.82) is 0 Å². The van der Waals surface area contributed by atoms with Gasteiger partial charge < -0.3 is 10.1 Å². The summed E-state index contributed by atoms with van der Waals surface area (Å²) in [7, 11) is 1.49. The number of fused-ring (bicyclic) bond motifs is 1. The summed E-state index contributed by atoms with van der Waals surface area (Å²) in [5.41, 5.74) is 0.329. The fourth-order valence-corrected chi connectivity index (χ4v) is 2.16. The number of hydrogen-bond donors (Lipinski definition) is 1. The predicted molar refractivity (Wildman–Crippen MR) is 64.9 cm³/mol. The van der Waals surface area contributed by atoms with Crippen LogP contribution in [0.25, 0.3) is 0 Å². The summed E-state index contributed by atoms with van der Waals surface area (Å²) < 4.78 is 6.22. The normalized spacial score (nSPS) is 22.1. The zero-order chi connectivity index (χ0) is 11.8. The van der Waals surface area contributed by atoms with Gasteiger partial charge in [-0.15, -0.1) is 5.92 Å². The Morgan fingerprint density at radius 2 is 2.25 bits per heavy atom. The molecule has 4 heteroatoms. The number of rotatable bonds is 1. The quantitative estimate of drug-likeness (QED) is 0.801. The molecule has 2 rings (SSSR count). The van der Waals surface area contributed by atoms with E-state index >= 15 is 0 Å². The molecule has 0 bridgehead atoms. The molecule has 0 spiro atoms. The van der Waals surface area contributed by atoms with Crippen molar-refractivity contribution in [3.05, 3.63) is 28.2 Å². The number of carbonyl (C=O) groups excluding carboxylic acids is 1. The van der Waals surface area contributed by atoms with E-state index in [-0.39, 0.29) is 5.91 Å². The van der Waals surface area contributed by atoms with Gasteiger partial charge in [-0.1, -0.05) is 21.9 Å². The van der Waals surface area contributed by atoms with E-state index in [4.69, 9.17) is 4.74 Å². The molecule has 1 aromatic rings. The minimum Gasteiger partial charge on any atom is -0.353 e. The molecule has 82 valence electrons. The number of amides is 1. The van der Waals surface area contributed by atoms with E-state index in [0.717, 1.165) is 15.7 Å². The molecule has 0 aromatic heterocycles. The highest BCUT2D eigenvalue weighted by Gasteiger charge is 2.46. The molecule has 1 unspecified atom stereocenters.